The van der Waals surface area contributed by atoms with Crippen molar-refractivity contribution in [3.8, 4) is 0 Å². The molecular weight excluding hydrogens is 552 g/mol. The molecule has 0 radical (unpaired) electrons. The fourth-order valence-electron chi connectivity index (χ4n) is 8.10. The van der Waals surface area contributed by atoms with Gasteiger partial charge in [0.05, 0.1) is 17.9 Å². The molecule has 2 bridgehead atoms. The average Bonchev–Trinajstić information content (AvgIpc) is 3.60. The summed E-state index contributed by atoms with van der Waals surface area (Å²) >= 11 is 6.15. The Hall–Kier alpha value is -2.42. The number of likely N-dealkylation sites (tertiary alicyclic amines) is 2. The second kappa shape index (κ2) is 11.9. The molecule has 1 aliphatic carbocycles. The minimum absolute atomic E-state index is 0.0634. The number of carbonyl (C=O) groups excluding carboxylic acids is 3. The minimum atomic E-state index is -1.15. The summed E-state index contributed by atoms with van der Waals surface area (Å²) in [6.07, 6.45) is 9.56. The lowest BCUT2D eigenvalue weighted by Crippen LogP contribution is -2.58. The number of piperidine rings is 1. The van der Waals surface area contributed by atoms with Gasteiger partial charge in [0.15, 0.2) is 0 Å². The van der Waals surface area contributed by atoms with Crippen LogP contribution >= 0.6 is 11.6 Å². The molecule has 8 atom stereocenters. The topological polar surface area (TPSA) is 91.0 Å². The molecule has 228 valence electrons. The molecule has 4 fully saturated rings. The average molecular weight is 597 g/mol. The number of hydrogen-bond donors (Lipinski definition) is 2. The van der Waals surface area contributed by atoms with Gasteiger partial charge in [-0.3, -0.25) is 14.4 Å². The number of fused-ring (bicyclic) bond motifs is 1. The lowest BCUT2D eigenvalue weighted by atomic mass is 9.73. The van der Waals surface area contributed by atoms with Gasteiger partial charge in [0, 0.05) is 23.3 Å². The van der Waals surface area contributed by atoms with Crippen LogP contribution in [0.4, 0.5) is 5.69 Å². The van der Waals surface area contributed by atoms with Crippen molar-refractivity contribution < 1.29 is 19.1 Å². The number of benzene rings is 1. The van der Waals surface area contributed by atoms with Gasteiger partial charge in [0.25, 0.3) is 0 Å². The molecule has 8 nitrogen and oxygen atoms in total. The van der Waals surface area contributed by atoms with E-state index in [1.807, 2.05) is 12.2 Å². The molecule has 3 amide bonds. The van der Waals surface area contributed by atoms with Gasteiger partial charge < -0.3 is 25.2 Å². The quantitative estimate of drug-likeness (QED) is 0.432. The molecule has 2 N–H and O–H groups in total. The Morgan fingerprint density at radius 2 is 1.86 bits per heavy atom. The zero-order valence-electron chi connectivity index (χ0n) is 25.1. The molecule has 4 heterocycles. The van der Waals surface area contributed by atoms with Crippen molar-refractivity contribution >= 4 is 35.0 Å². The van der Waals surface area contributed by atoms with Crippen LogP contribution in [0.25, 0.3) is 0 Å². The van der Waals surface area contributed by atoms with E-state index in [2.05, 4.69) is 36.3 Å². The summed E-state index contributed by atoms with van der Waals surface area (Å²) < 4.78 is 6.53. The zero-order chi connectivity index (χ0) is 29.6. The maximum Gasteiger partial charge on any atom is 0.246 e. The van der Waals surface area contributed by atoms with Crippen molar-refractivity contribution in [2.45, 2.75) is 83.1 Å². The number of rotatable bonds is 8. The Morgan fingerprint density at radius 3 is 2.62 bits per heavy atom. The number of nitrogens with zero attached hydrogens (tertiary/aromatic N) is 2. The van der Waals surface area contributed by atoms with Crippen LogP contribution in [0.3, 0.4) is 0 Å². The molecule has 42 heavy (non-hydrogen) atoms. The van der Waals surface area contributed by atoms with Gasteiger partial charge in [0.1, 0.15) is 11.6 Å². The number of halogens is 1. The first-order valence-electron chi connectivity index (χ1n) is 15.9. The zero-order valence-corrected chi connectivity index (χ0v) is 25.8. The van der Waals surface area contributed by atoms with E-state index in [9.17, 15) is 14.4 Å². The lowest BCUT2D eigenvalue weighted by Gasteiger charge is -2.38. The van der Waals surface area contributed by atoms with Crippen LogP contribution in [0.1, 0.15) is 59.3 Å². The first-order valence-corrected chi connectivity index (χ1v) is 16.3. The fourth-order valence-corrected chi connectivity index (χ4v) is 8.29. The highest BCUT2D eigenvalue weighted by molar-refractivity contribution is 6.30. The highest BCUT2D eigenvalue weighted by Crippen LogP contribution is 2.55. The normalized spacial score (nSPS) is 36.3. The molecule has 3 saturated heterocycles. The van der Waals surface area contributed by atoms with Crippen molar-refractivity contribution in [1.82, 2.24) is 15.1 Å². The van der Waals surface area contributed by atoms with Gasteiger partial charge in [-0.2, -0.15) is 0 Å². The Balaban J connectivity index is 1.24. The maximum absolute atomic E-state index is 14.3. The van der Waals surface area contributed by atoms with E-state index in [0.29, 0.717) is 29.1 Å². The maximum atomic E-state index is 14.3. The SMILES string of the molecule is CC1CCN(CCCN2C(=O)[C@@H]3[C@H](C(=O)Nc4cccc(Cl)c4)[C@@H]4C=C[C@@]3(O4)[C@@H]2C(=O)N[C@@H]2CCC[C@H](C)[C@@H]2C)CC1. The third kappa shape index (κ3) is 5.39. The highest BCUT2D eigenvalue weighted by Gasteiger charge is 2.72. The second-order valence-corrected chi connectivity index (χ2v) is 13.9. The van der Waals surface area contributed by atoms with E-state index in [1.54, 1.807) is 29.2 Å². The van der Waals surface area contributed by atoms with Gasteiger partial charge >= 0.3 is 0 Å². The van der Waals surface area contributed by atoms with Crippen LogP contribution in [0.15, 0.2) is 36.4 Å². The molecular formula is C33H45ClN4O4. The van der Waals surface area contributed by atoms with Crippen LogP contribution in [0.2, 0.25) is 5.02 Å². The smallest absolute Gasteiger partial charge is 0.246 e. The molecule has 1 spiro atoms. The van der Waals surface area contributed by atoms with Crippen molar-refractivity contribution in [1.29, 1.82) is 0 Å². The highest BCUT2D eigenvalue weighted by atomic mass is 35.5. The summed E-state index contributed by atoms with van der Waals surface area (Å²) in [5, 5.41) is 6.81. The second-order valence-electron chi connectivity index (χ2n) is 13.5. The number of carbonyl (C=O) groups is 3. The monoisotopic (exact) mass is 596 g/mol. The van der Waals surface area contributed by atoms with Crippen molar-refractivity contribution in [3.05, 3.63) is 41.4 Å². The van der Waals surface area contributed by atoms with E-state index in [4.69, 9.17) is 16.3 Å². The minimum Gasteiger partial charge on any atom is -0.359 e. The van der Waals surface area contributed by atoms with E-state index in [1.165, 1.54) is 19.3 Å². The number of ether oxygens (including phenoxy) is 1. The van der Waals surface area contributed by atoms with E-state index < -0.39 is 29.6 Å². The van der Waals surface area contributed by atoms with E-state index in [-0.39, 0.29) is 23.8 Å². The van der Waals surface area contributed by atoms with E-state index >= 15 is 0 Å². The van der Waals surface area contributed by atoms with Crippen LogP contribution in [-0.4, -0.2) is 77.5 Å². The Bertz CT molecular complexity index is 1230. The predicted molar refractivity (Wildman–Crippen MR) is 163 cm³/mol. The standard InChI is InChI=1S/C33H45ClN4O4/c1-20-12-17-37(18-13-20)15-6-16-38-29(31(40)36-25-10-4-7-21(2)22(25)3)33-14-11-26(42-33)27(28(33)32(38)41)30(39)35-24-9-5-8-23(34)19-24/h5,8-9,11,14,19-22,25-29H,4,6-7,10,12-13,15-18H2,1-3H3,(H,35,39)(H,36,40)/t21-,22-,25+,26-,27+,28-,29-,33-/m0/s1. The fraction of sp³-hybridized carbons (Fsp3) is 0.667. The summed E-state index contributed by atoms with van der Waals surface area (Å²) in [6.45, 7) is 10.3. The molecule has 1 aromatic carbocycles. The van der Waals surface area contributed by atoms with Gasteiger partial charge in [0.2, 0.25) is 17.7 Å². The molecule has 4 aliphatic heterocycles. The lowest BCUT2D eigenvalue weighted by molar-refractivity contribution is -0.141. The Kier molecular flexibility index (Phi) is 8.42. The van der Waals surface area contributed by atoms with Crippen LogP contribution < -0.4 is 10.6 Å². The summed E-state index contributed by atoms with van der Waals surface area (Å²) in [5.74, 6) is -0.440. The number of anilines is 1. The Labute approximate surface area is 254 Å². The summed E-state index contributed by atoms with van der Waals surface area (Å²) in [6, 6.07) is 6.24. The first-order chi connectivity index (χ1) is 20.2. The van der Waals surface area contributed by atoms with E-state index in [0.717, 1.165) is 44.8 Å². The number of amides is 3. The molecule has 0 unspecified atom stereocenters. The van der Waals surface area contributed by atoms with Crippen molar-refractivity contribution in [3.63, 3.8) is 0 Å². The van der Waals surface area contributed by atoms with Crippen LogP contribution in [0, 0.1) is 29.6 Å². The first kappa shape index (κ1) is 29.6. The van der Waals surface area contributed by atoms with Gasteiger partial charge in [-0.05, 0) is 81.3 Å². The molecule has 0 aromatic heterocycles. The third-order valence-electron chi connectivity index (χ3n) is 10.8. The van der Waals surface area contributed by atoms with Gasteiger partial charge in [-0.15, -0.1) is 0 Å². The van der Waals surface area contributed by atoms with Crippen molar-refractivity contribution in [2.75, 3.05) is 31.5 Å². The Morgan fingerprint density at radius 1 is 1.07 bits per heavy atom. The summed E-state index contributed by atoms with van der Waals surface area (Å²) in [7, 11) is 0. The molecule has 9 heteroatoms. The largest absolute Gasteiger partial charge is 0.359 e. The van der Waals surface area contributed by atoms with Crippen molar-refractivity contribution in [2.24, 2.45) is 29.6 Å². The van der Waals surface area contributed by atoms with Crippen LogP contribution in [0.5, 0.6) is 0 Å². The summed E-state index contributed by atoms with van der Waals surface area (Å²) in [5.41, 5.74) is -0.576. The summed E-state index contributed by atoms with van der Waals surface area (Å²) in [4.78, 5) is 46.3. The van der Waals surface area contributed by atoms with Crippen LogP contribution in [-0.2, 0) is 19.1 Å². The predicted octanol–water partition coefficient (Wildman–Crippen LogP) is 4.49. The number of nitrogens with one attached hydrogen (secondary N) is 2. The number of hydrogen-bond acceptors (Lipinski definition) is 5. The molecule has 5 aliphatic rings. The molecule has 6 rings (SSSR count). The molecule has 1 saturated carbocycles. The molecule has 1 aromatic rings. The van der Waals surface area contributed by atoms with Gasteiger partial charge in [-0.25, -0.2) is 0 Å². The van der Waals surface area contributed by atoms with Gasteiger partial charge in [-0.1, -0.05) is 63.4 Å². The third-order valence-corrected chi connectivity index (χ3v) is 11.0.